The van der Waals surface area contributed by atoms with Gasteiger partial charge < -0.3 is 9.47 Å². The molecule has 5 atom stereocenters. The number of carbonyl (C=O) groups is 2. The third kappa shape index (κ3) is 5.09. The molecule has 3 aliphatic carbocycles. The normalized spacial score (nSPS) is 29.1. The molecule has 7 nitrogen and oxygen atoms in total. The minimum atomic E-state index is -3.92. The number of benzene rings is 2. The average molecular weight is 568 g/mol. The fraction of sp³-hybridized carbons (Fsp3) is 0.562. The Morgan fingerprint density at radius 2 is 1.85 bits per heavy atom. The van der Waals surface area contributed by atoms with Gasteiger partial charge in [0.05, 0.1) is 10.5 Å². The minimum Gasteiger partial charge on any atom is -0.462 e. The minimum absolute atomic E-state index is 0.00202. The summed E-state index contributed by atoms with van der Waals surface area (Å²) in [5.41, 5.74) is 2.85. The number of sulfonamides is 1. The summed E-state index contributed by atoms with van der Waals surface area (Å²) in [5, 5.41) is 5.22. The van der Waals surface area contributed by atoms with Crippen LogP contribution < -0.4 is 9.88 Å². The van der Waals surface area contributed by atoms with E-state index in [-0.39, 0.29) is 33.4 Å². The number of hydrogen-bond acceptors (Lipinski definition) is 6. The number of ether oxygens (including phenoxy) is 2. The van der Waals surface area contributed by atoms with Gasteiger partial charge in [0, 0.05) is 11.8 Å². The maximum absolute atomic E-state index is 12.8. The van der Waals surface area contributed by atoms with Crippen molar-refractivity contribution in [2.75, 3.05) is 0 Å². The molecule has 0 radical (unpaired) electrons. The Kier molecular flexibility index (Phi) is 7.87. The summed E-state index contributed by atoms with van der Waals surface area (Å²) < 4.78 is 35.2. The van der Waals surface area contributed by atoms with Crippen LogP contribution in [-0.4, -0.2) is 26.5 Å². The van der Waals surface area contributed by atoms with Crippen LogP contribution in [0.3, 0.4) is 0 Å². The van der Waals surface area contributed by atoms with Gasteiger partial charge in [-0.1, -0.05) is 39.3 Å². The van der Waals surface area contributed by atoms with Crippen molar-refractivity contribution in [1.29, 1.82) is 0 Å². The Balaban J connectivity index is 1.35. The zero-order chi connectivity index (χ0) is 28.7. The van der Waals surface area contributed by atoms with Crippen LogP contribution in [0.15, 0.2) is 47.4 Å². The summed E-state index contributed by atoms with van der Waals surface area (Å²) in [6.45, 7) is 6.77. The maximum Gasteiger partial charge on any atom is 0.343 e. The van der Waals surface area contributed by atoms with Crippen molar-refractivity contribution in [3.05, 3.63) is 59.2 Å². The number of nitrogens with two attached hydrogens (primary N) is 1. The van der Waals surface area contributed by atoms with Crippen LogP contribution >= 0.6 is 0 Å². The van der Waals surface area contributed by atoms with Crippen molar-refractivity contribution in [3.8, 4) is 5.75 Å². The summed E-state index contributed by atoms with van der Waals surface area (Å²) in [5.74, 6) is 0.709. The molecule has 0 spiro atoms. The van der Waals surface area contributed by atoms with Gasteiger partial charge in [-0.3, -0.25) is 4.79 Å². The lowest BCUT2D eigenvalue weighted by Gasteiger charge is -2.58. The molecule has 0 aromatic heterocycles. The highest BCUT2D eigenvalue weighted by molar-refractivity contribution is 7.89. The van der Waals surface area contributed by atoms with E-state index in [9.17, 15) is 18.0 Å². The molecule has 0 bridgehead atoms. The predicted molar refractivity (Wildman–Crippen MR) is 152 cm³/mol. The van der Waals surface area contributed by atoms with Gasteiger partial charge in [-0.2, -0.15) is 0 Å². The highest BCUT2D eigenvalue weighted by atomic mass is 32.2. The van der Waals surface area contributed by atoms with Crippen molar-refractivity contribution >= 4 is 22.0 Å². The second-order valence-corrected chi connectivity index (χ2v) is 13.8. The lowest BCUT2D eigenvalue weighted by atomic mass is 9.46. The number of primary sulfonamides is 1. The van der Waals surface area contributed by atoms with E-state index in [1.807, 2.05) is 12.1 Å². The van der Waals surface area contributed by atoms with Gasteiger partial charge in [0.2, 0.25) is 10.0 Å². The largest absolute Gasteiger partial charge is 0.462 e. The molecule has 216 valence electrons. The zero-order valence-electron chi connectivity index (χ0n) is 23.8. The molecule has 0 heterocycles. The smallest absolute Gasteiger partial charge is 0.343 e. The summed E-state index contributed by atoms with van der Waals surface area (Å²) in [7, 11) is -3.92. The van der Waals surface area contributed by atoms with Gasteiger partial charge in [-0.15, -0.1) is 0 Å². The Bertz CT molecular complexity index is 1400. The van der Waals surface area contributed by atoms with Gasteiger partial charge in [-0.25, -0.2) is 18.4 Å². The van der Waals surface area contributed by atoms with Crippen LogP contribution in [0.2, 0.25) is 0 Å². The number of rotatable bonds is 8. The van der Waals surface area contributed by atoms with Crippen molar-refractivity contribution in [1.82, 2.24) is 0 Å². The molecule has 2 fully saturated rings. The number of fused-ring (bicyclic) bond motifs is 5. The van der Waals surface area contributed by atoms with E-state index in [1.54, 1.807) is 0 Å². The monoisotopic (exact) mass is 567 g/mol. The van der Waals surface area contributed by atoms with E-state index in [0.717, 1.165) is 57.8 Å². The van der Waals surface area contributed by atoms with Gasteiger partial charge >= 0.3 is 11.9 Å². The number of unbranched alkanes of at least 4 members (excludes halogenated alkanes) is 1. The number of hydrogen-bond donors (Lipinski definition) is 1. The summed E-state index contributed by atoms with van der Waals surface area (Å²) in [6, 6.07) is 11.5. The molecule has 5 rings (SSSR count). The van der Waals surface area contributed by atoms with Crippen LogP contribution in [-0.2, 0) is 26.0 Å². The first-order chi connectivity index (χ1) is 19.0. The fourth-order valence-corrected chi connectivity index (χ4v) is 8.78. The second kappa shape index (κ2) is 10.9. The Hall–Kier alpha value is -2.71. The predicted octanol–water partition coefficient (Wildman–Crippen LogP) is 6.29. The standard InChI is InChI=1S/C32H41NO6S/c1-4-6-10-29(34)39-28-14-13-27-31(28,3)17-16-26-25-12-11-23(19-21(25)15-18-32(26,27)5-2)38-30(35)22-8-7-9-24(20-22)40(33,36)37/h7-9,11-12,19-20,26-28H,4-6,10,13-18H2,1-3H3,(H2,33,36,37)/t26-,27-,28+,31+,32-/m1/s1. The molecule has 3 aliphatic rings. The molecule has 0 saturated heterocycles. The van der Waals surface area contributed by atoms with Gasteiger partial charge in [-0.05, 0) is 110 Å². The topological polar surface area (TPSA) is 113 Å². The Labute approximate surface area is 237 Å². The molecule has 2 aromatic rings. The summed E-state index contributed by atoms with van der Waals surface area (Å²) in [4.78, 5) is 25.2. The van der Waals surface area contributed by atoms with Crippen LogP contribution in [0.5, 0.6) is 5.75 Å². The lowest BCUT2D eigenvalue weighted by molar-refractivity contribution is -0.160. The van der Waals surface area contributed by atoms with E-state index in [4.69, 9.17) is 14.6 Å². The average Bonchev–Trinajstić information content (AvgIpc) is 3.27. The van der Waals surface area contributed by atoms with Gasteiger partial charge in [0.25, 0.3) is 0 Å². The highest BCUT2D eigenvalue weighted by Gasteiger charge is 2.62. The van der Waals surface area contributed by atoms with Crippen molar-refractivity contribution in [2.24, 2.45) is 21.9 Å². The molecule has 0 unspecified atom stereocenters. The summed E-state index contributed by atoms with van der Waals surface area (Å²) >= 11 is 0. The number of carbonyl (C=O) groups excluding carboxylic acids is 2. The molecule has 2 saturated carbocycles. The quantitative estimate of drug-likeness (QED) is 0.296. The van der Waals surface area contributed by atoms with E-state index >= 15 is 0 Å². The van der Waals surface area contributed by atoms with Crippen LogP contribution in [0.1, 0.15) is 106 Å². The second-order valence-electron chi connectivity index (χ2n) is 12.2. The van der Waals surface area contributed by atoms with Crippen molar-refractivity contribution in [3.63, 3.8) is 0 Å². The highest BCUT2D eigenvalue weighted by Crippen LogP contribution is 2.68. The Morgan fingerprint density at radius 1 is 1.05 bits per heavy atom. The SMILES string of the molecule is CCCCC(=O)O[C@H]1CC[C@@H]2[C@]1(C)CC[C@@H]1c3ccc(OC(=O)c4cccc(S(N)(=O)=O)c4)cc3CC[C@]12CC. The van der Waals surface area contributed by atoms with E-state index in [2.05, 4.69) is 26.8 Å². The van der Waals surface area contributed by atoms with Crippen LogP contribution in [0, 0.1) is 16.7 Å². The first kappa shape index (κ1) is 28.8. The third-order valence-electron chi connectivity index (χ3n) is 10.2. The van der Waals surface area contributed by atoms with Crippen LogP contribution in [0.4, 0.5) is 0 Å². The first-order valence-electron chi connectivity index (χ1n) is 14.7. The van der Waals surface area contributed by atoms with E-state index in [1.165, 1.54) is 35.4 Å². The lowest BCUT2D eigenvalue weighted by Crippen LogP contribution is -2.52. The number of aryl methyl sites for hydroxylation is 1. The molecule has 2 aromatic carbocycles. The third-order valence-corrected chi connectivity index (χ3v) is 11.1. The maximum atomic E-state index is 12.8. The summed E-state index contributed by atoms with van der Waals surface area (Å²) in [6.07, 6.45) is 9.56. The molecule has 2 N–H and O–H groups in total. The van der Waals surface area contributed by atoms with Gasteiger partial charge in [0.15, 0.2) is 0 Å². The molecule has 40 heavy (non-hydrogen) atoms. The molecular formula is C32H41NO6S. The molecule has 0 aliphatic heterocycles. The molecule has 0 amide bonds. The van der Waals surface area contributed by atoms with Crippen molar-refractivity contribution < 1.29 is 27.5 Å². The fourth-order valence-electron chi connectivity index (χ4n) is 8.22. The molecular weight excluding hydrogens is 526 g/mol. The Morgan fingerprint density at radius 3 is 2.58 bits per heavy atom. The first-order valence-corrected chi connectivity index (χ1v) is 16.2. The van der Waals surface area contributed by atoms with E-state index in [0.29, 0.717) is 24.0 Å². The molecule has 8 heteroatoms. The zero-order valence-corrected chi connectivity index (χ0v) is 24.6. The number of esters is 2. The van der Waals surface area contributed by atoms with Gasteiger partial charge in [0.1, 0.15) is 11.9 Å². The van der Waals surface area contributed by atoms with E-state index < -0.39 is 16.0 Å². The van der Waals surface area contributed by atoms with Crippen LogP contribution in [0.25, 0.3) is 0 Å². The van der Waals surface area contributed by atoms with Crippen molar-refractivity contribution in [2.45, 2.75) is 102 Å².